The fourth-order valence-electron chi connectivity index (χ4n) is 3.72. The summed E-state index contributed by atoms with van der Waals surface area (Å²) in [7, 11) is 1.76. The van der Waals surface area contributed by atoms with Crippen LogP contribution in [0.4, 0.5) is 0 Å². The van der Waals surface area contributed by atoms with Crippen LogP contribution in [-0.4, -0.2) is 40.8 Å². The van der Waals surface area contributed by atoms with E-state index in [0.717, 1.165) is 42.9 Å². The molecule has 0 spiro atoms. The predicted molar refractivity (Wildman–Crippen MR) is 136 cm³/mol. The van der Waals surface area contributed by atoms with Crippen LogP contribution in [-0.2, 0) is 11.3 Å². The van der Waals surface area contributed by atoms with Crippen LogP contribution >= 0.6 is 35.6 Å². The van der Waals surface area contributed by atoms with E-state index in [0.29, 0.717) is 11.6 Å². The number of halogens is 2. The van der Waals surface area contributed by atoms with Gasteiger partial charge in [-0.2, -0.15) is 5.10 Å². The van der Waals surface area contributed by atoms with Gasteiger partial charge in [0.15, 0.2) is 5.96 Å². The summed E-state index contributed by atoms with van der Waals surface area (Å²) in [6.45, 7) is 4.60. The van der Waals surface area contributed by atoms with Crippen molar-refractivity contribution in [3.05, 3.63) is 47.2 Å². The number of hydrogen-bond acceptors (Lipinski definition) is 3. The second-order valence-electron chi connectivity index (χ2n) is 8.06. The van der Waals surface area contributed by atoms with Crippen molar-refractivity contribution < 1.29 is 4.79 Å². The zero-order valence-corrected chi connectivity index (χ0v) is 21.4. The lowest BCUT2D eigenvalue weighted by molar-refractivity contribution is -0.126. The predicted octanol–water partition coefficient (Wildman–Crippen LogP) is 3.89. The van der Waals surface area contributed by atoms with Gasteiger partial charge in [0.05, 0.1) is 11.9 Å². The third-order valence-electron chi connectivity index (χ3n) is 5.23. The summed E-state index contributed by atoms with van der Waals surface area (Å²) in [5.41, 5.74) is 2.01. The van der Waals surface area contributed by atoms with Gasteiger partial charge in [0, 0.05) is 48.4 Å². The molecule has 1 aromatic carbocycles. The maximum Gasteiger partial charge on any atom is 0.223 e. The Labute approximate surface area is 206 Å². The quantitative estimate of drug-likeness (QED) is 0.285. The average Bonchev–Trinajstić information content (AvgIpc) is 3.20. The zero-order chi connectivity index (χ0) is 21.5. The van der Waals surface area contributed by atoms with Crippen molar-refractivity contribution in [2.45, 2.75) is 58.2 Å². The number of hydrogen-bond donors (Lipinski definition) is 3. The molecule has 9 heteroatoms. The molecule has 0 aliphatic heterocycles. The number of rotatable bonds is 6. The average molecular weight is 559 g/mol. The number of carbonyl (C=O) groups is 1. The van der Waals surface area contributed by atoms with Crippen LogP contribution in [0, 0.1) is 5.92 Å². The van der Waals surface area contributed by atoms with Gasteiger partial charge in [-0.25, -0.2) is 4.68 Å². The van der Waals surface area contributed by atoms with Crippen LogP contribution in [0.2, 0.25) is 5.02 Å². The van der Waals surface area contributed by atoms with Gasteiger partial charge in [-0.1, -0.05) is 18.0 Å². The molecular weight excluding hydrogens is 527 g/mol. The van der Waals surface area contributed by atoms with Gasteiger partial charge < -0.3 is 16.0 Å². The maximum absolute atomic E-state index is 12.4. The van der Waals surface area contributed by atoms with Gasteiger partial charge in [0.25, 0.3) is 0 Å². The zero-order valence-electron chi connectivity index (χ0n) is 18.3. The molecular formula is C22H32ClIN6O. The van der Waals surface area contributed by atoms with E-state index < -0.39 is 0 Å². The van der Waals surface area contributed by atoms with Crippen molar-refractivity contribution in [1.29, 1.82) is 0 Å². The SMILES string of the molecule is CN=C(NCc1cnn(-c2ccc(Cl)cc2)c1)NC1CCCC(C(=O)NC(C)C)C1.I. The van der Waals surface area contributed by atoms with E-state index in [1.165, 1.54) is 0 Å². The molecule has 3 rings (SSSR count). The number of guanidine groups is 1. The Morgan fingerprint density at radius 2 is 2.03 bits per heavy atom. The van der Waals surface area contributed by atoms with Crippen LogP contribution < -0.4 is 16.0 Å². The van der Waals surface area contributed by atoms with Gasteiger partial charge in [-0.3, -0.25) is 9.79 Å². The molecule has 2 unspecified atom stereocenters. The topological polar surface area (TPSA) is 83.3 Å². The Balaban J connectivity index is 0.00000341. The van der Waals surface area contributed by atoms with E-state index >= 15 is 0 Å². The van der Waals surface area contributed by atoms with E-state index in [1.54, 1.807) is 7.05 Å². The van der Waals surface area contributed by atoms with Crippen LogP contribution in [0.15, 0.2) is 41.7 Å². The van der Waals surface area contributed by atoms with E-state index in [1.807, 2.05) is 55.2 Å². The molecule has 1 heterocycles. The highest BCUT2D eigenvalue weighted by Crippen LogP contribution is 2.24. The standard InChI is InChI=1S/C22H31ClN6O.HI/c1-15(2)27-21(30)17-5-4-6-19(11-17)28-22(24-3)25-12-16-13-26-29(14-16)20-9-7-18(23)8-10-20;/h7-10,13-15,17,19H,4-6,11-12H2,1-3H3,(H,27,30)(H2,24,25,28);1H. The van der Waals surface area contributed by atoms with Crippen molar-refractivity contribution in [3.8, 4) is 5.69 Å². The molecule has 1 aromatic heterocycles. The summed E-state index contributed by atoms with van der Waals surface area (Å²) in [5, 5.41) is 15.0. The van der Waals surface area contributed by atoms with Crippen molar-refractivity contribution >= 4 is 47.4 Å². The monoisotopic (exact) mass is 558 g/mol. The van der Waals surface area contributed by atoms with Crippen LogP contribution in [0.5, 0.6) is 0 Å². The normalized spacial score (nSPS) is 18.9. The lowest BCUT2D eigenvalue weighted by Gasteiger charge is -2.30. The number of nitrogens with zero attached hydrogens (tertiary/aromatic N) is 3. The first-order chi connectivity index (χ1) is 14.4. The van der Waals surface area contributed by atoms with E-state index in [-0.39, 0.29) is 47.9 Å². The minimum Gasteiger partial charge on any atom is -0.354 e. The van der Waals surface area contributed by atoms with Crippen LogP contribution in [0.25, 0.3) is 5.69 Å². The van der Waals surface area contributed by atoms with Crippen molar-refractivity contribution in [3.63, 3.8) is 0 Å². The summed E-state index contributed by atoms with van der Waals surface area (Å²) in [5.74, 6) is 0.965. The van der Waals surface area contributed by atoms with E-state index in [9.17, 15) is 4.79 Å². The largest absolute Gasteiger partial charge is 0.354 e. The molecule has 170 valence electrons. The smallest absolute Gasteiger partial charge is 0.223 e. The minimum atomic E-state index is 0. The number of nitrogens with one attached hydrogen (secondary N) is 3. The Kier molecular flexibility index (Phi) is 10.1. The van der Waals surface area contributed by atoms with Crippen molar-refractivity contribution in [2.75, 3.05) is 7.05 Å². The summed E-state index contributed by atoms with van der Waals surface area (Å²) < 4.78 is 1.82. The lowest BCUT2D eigenvalue weighted by atomic mass is 9.85. The summed E-state index contributed by atoms with van der Waals surface area (Å²) in [4.78, 5) is 16.7. The fourth-order valence-corrected chi connectivity index (χ4v) is 3.85. The highest BCUT2D eigenvalue weighted by molar-refractivity contribution is 14.0. The van der Waals surface area contributed by atoms with Gasteiger partial charge in [-0.15, -0.1) is 24.0 Å². The molecule has 31 heavy (non-hydrogen) atoms. The molecule has 7 nitrogen and oxygen atoms in total. The maximum atomic E-state index is 12.4. The van der Waals surface area contributed by atoms with Crippen LogP contribution in [0.3, 0.4) is 0 Å². The molecule has 1 aliphatic carbocycles. The summed E-state index contributed by atoms with van der Waals surface area (Å²) >= 11 is 5.95. The molecule has 0 bridgehead atoms. The Morgan fingerprint density at radius 1 is 1.29 bits per heavy atom. The second kappa shape index (κ2) is 12.3. The second-order valence-corrected chi connectivity index (χ2v) is 8.50. The third-order valence-corrected chi connectivity index (χ3v) is 5.48. The van der Waals surface area contributed by atoms with E-state index in [2.05, 4.69) is 26.0 Å². The number of carbonyl (C=O) groups excluding carboxylic acids is 1. The molecule has 1 amide bonds. The molecule has 2 atom stereocenters. The summed E-state index contributed by atoms with van der Waals surface area (Å²) in [6, 6.07) is 7.98. The van der Waals surface area contributed by atoms with Crippen molar-refractivity contribution in [2.24, 2.45) is 10.9 Å². The molecule has 3 N–H and O–H groups in total. The molecule has 1 saturated carbocycles. The first-order valence-electron chi connectivity index (χ1n) is 10.5. The molecule has 0 saturated heterocycles. The van der Waals surface area contributed by atoms with Gasteiger partial charge >= 0.3 is 0 Å². The Morgan fingerprint density at radius 3 is 2.71 bits per heavy atom. The van der Waals surface area contributed by atoms with Gasteiger partial charge in [0.2, 0.25) is 5.91 Å². The highest BCUT2D eigenvalue weighted by Gasteiger charge is 2.28. The Bertz CT molecular complexity index is 867. The number of aromatic nitrogens is 2. The first-order valence-corrected chi connectivity index (χ1v) is 10.9. The fraction of sp³-hybridized carbons (Fsp3) is 0.500. The number of benzene rings is 1. The molecule has 2 aromatic rings. The minimum absolute atomic E-state index is 0. The van der Waals surface area contributed by atoms with Gasteiger partial charge in [0.1, 0.15) is 0 Å². The van der Waals surface area contributed by atoms with Crippen molar-refractivity contribution in [1.82, 2.24) is 25.7 Å². The molecule has 1 aliphatic rings. The lowest BCUT2D eigenvalue weighted by Crippen LogP contribution is -2.47. The summed E-state index contributed by atoms with van der Waals surface area (Å²) in [6.07, 6.45) is 7.68. The Hall–Kier alpha value is -1.81. The van der Waals surface area contributed by atoms with E-state index in [4.69, 9.17) is 11.6 Å². The number of aliphatic imine (C=N–C) groups is 1. The van der Waals surface area contributed by atoms with Crippen LogP contribution in [0.1, 0.15) is 45.1 Å². The third kappa shape index (κ3) is 7.68. The first kappa shape index (κ1) is 25.5. The number of amides is 1. The van der Waals surface area contributed by atoms with Gasteiger partial charge in [-0.05, 0) is 57.4 Å². The highest BCUT2D eigenvalue weighted by atomic mass is 127. The molecule has 1 fully saturated rings. The molecule has 0 radical (unpaired) electrons.